The highest BCUT2D eigenvalue weighted by molar-refractivity contribution is 6.00. The summed E-state index contributed by atoms with van der Waals surface area (Å²) in [6.45, 7) is 7.63. The number of benzene rings is 1. The van der Waals surface area contributed by atoms with Crippen molar-refractivity contribution in [1.29, 1.82) is 0 Å². The van der Waals surface area contributed by atoms with Crippen LogP contribution in [0.1, 0.15) is 52.5 Å². The van der Waals surface area contributed by atoms with Gasteiger partial charge in [-0.15, -0.1) is 0 Å². The van der Waals surface area contributed by atoms with E-state index in [1.165, 1.54) is 0 Å². The monoisotopic (exact) mass is 435 g/mol. The SMILES string of the molecule is CNNC(=O)[C@@]1(CCC(=O)OC(C)(C)C)N=C(c2ccc(OCCCO)cc2)O[C@H]1C. The molecular formula is C22H33N3O6. The van der Waals surface area contributed by atoms with Gasteiger partial charge in [0.25, 0.3) is 5.91 Å². The van der Waals surface area contributed by atoms with Gasteiger partial charge >= 0.3 is 5.97 Å². The van der Waals surface area contributed by atoms with Crippen LogP contribution in [0.2, 0.25) is 0 Å². The highest BCUT2D eigenvalue weighted by atomic mass is 16.6. The number of carbonyl (C=O) groups excluding carboxylic acids is 2. The first-order valence-corrected chi connectivity index (χ1v) is 10.4. The lowest BCUT2D eigenvalue weighted by atomic mass is 9.88. The Balaban J connectivity index is 2.21. The van der Waals surface area contributed by atoms with Crippen LogP contribution in [0.4, 0.5) is 0 Å². The summed E-state index contributed by atoms with van der Waals surface area (Å²) in [4.78, 5) is 29.8. The number of amides is 1. The Morgan fingerprint density at radius 2 is 1.94 bits per heavy atom. The minimum absolute atomic E-state index is 0.0243. The van der Waals surface area contributed by atoms with Crippen molar-refractivity contribution in [3.05, 3.63) is 29.8 Å². The van der Waals surface area contributed by atoms with Gasteiger partial charge in [0, 0.05) is 32.1 Å². The predicted molar refractivity (Wildman–Crippen MR) is 116 cm³/mol. The Bertz CT molecular complexity index is 787. The van der Waals surface area contributed by atoms with Crippen LogP contribution in [0.15, 0.2) is 29.3 Å². The van der Waals surface area contributed by atoms with E-state index in [9.17, 15) is 9.59 Å². The van der Waals surface area contributed by atoms with E-state index in [-0.39, 0.29) is 25.4 Å². The fourth-order valence-corrected chi connectivity index (χ4v) is 3.16. The number of nitrogens with one attached hydrogen (secondary N) is 2. The van der Waals surface area contributed by atoms with Gasteiger partial charge in [-0.05, 0) is 58.4 Å². The first-order chi connectivity index (χ1) is 14.6. The van der Waals surface area contributed by atoms with Crippen molar-refractivity contribution in [2.45, 2.75) is 64.2 Å². The quantitative estimate of drug-likeness (QED) is 0.291. The maximum atomic E-state index is 12.9. The van der Waals surface area contributed by atoms with E-state index in [0.29, 0.717) is 30.2 Å². The normalized spacial score (nSPS) is 20.6. The summed E-state index contributed by atoms with van der Waals surface area (Å²) in [5.41, 5.74) is 4.01. The molecule has 0 aromatic heterocycles. The molecule has 0 saturated carbocycles. The molecule has 0 radical (unpaired) electrons. The van der Waals surface area contributed by atoms with Crippen LogP contribution in [0.3, 0.4) is 0 Å². The summed E-state index contributed by atoms with van der Waals surface area (Å²) in [6, 6.07) is 7.13. The first-order valence-electron chi connectivity index (χ1n) is 10.4. The van der Waals surface area contributed by atoms with E-state index < -0.39 is 23.2 Å². The van der Waals surface area contributed by atoms with Crippen molar-refractivity contribution in [2.75, 3.05) is 20.3 Å². The van der Waals surface area contributed by atoms with Crippen molar-refractivity contribution in [2.24, 2.45) is 4.99 Å². The summed E-state index contributed by atoms with van der Waals surface area (Å²) in [6.07, 6.45) is 0.133. The molecule has 0 spiro atoms. The van der Waals surface area contributed by atoms with Crippen molar-refractivity contribution >= 4 is 17.8 Å². The molecule has 1 heterocycles. The zero-order valence-corrected chi connectivity index (χ0v) is 18.9. The number of aliphatic hydroxyl groups is 1. The standard InChI is InChI=1S/C22H33N3O6/c1-15-22(20(28)25-23-5,12-11-18(27)31-21(2,3)4)24-19(30-15)16-7-9-17(10-8-16)29-14-6-13-26/h7-10,15,23,26H,6,11-14H2,1-5H3,(H,25,28)/t15-,22-/m0/s1. The van der Waals surface area contributed by atoms with Crippen LogP contribution in [-0.4, -0.2) is 60.4 Å². The molecule has 31 heavy (non-hydrogen) atoms. The summed E-state index contributed by atoms with van der Waals surface area (Å²) < 4.78 is 16.9. The minimum Gasteiger partial charge on any atom is -0.494 e. The maximum absolute atomic E-state index is 12.9. The minimum atomic E-state index is -1.27. The number of aliphatic hydroxyl groups excluding tert-OH is 1. The second kappa shape index (κ2) is 10.6. The van der Waals surface area contributed by atoms with Crippen LogP contribution in [0.5, 0.6) is 5.75 Å². The van der Waals surface area contributed by atoms with Gasteiger partial charge in [0.2, 0.25) is 5.90 Å². The van der Waals surface area contributed by atoms with Crippen LogP contribution in [0.25, 0.3) is 0 Å². The van der Waals surface area contributed by atoms with Crippen molar-refractivity contribution in [1.82, 2.24) is 10.9 Å². The highest BCUT2D eigenvalue weighted by Gasteiger charge is 2.50. The number of aliphatic imine (C=N–C) groups is 1. The average Bonchev–Trinajstić information content (AvgIpc) is 3.04. The number of carbonyl (C=O) groups is 2. The van der Waals surface area contributed by atoms with Gasteiger partial charge in [0.1, 0.15) is 17.5 Å². The Morgan fingerprint density at radius 1 is 1.26 bits per heavy atom. The number of hydrogen-bond acceptors (Lipinski definition) is 8. The lowest BCUT2D eigenvalue weighted by Gasteiger charge is -2.28. The topological polar surface area (TPSA) is 118 Å². The summed E-state index contributed by atoms with van der Waals surface area (Å²) in [5, 5.41) is 8.84. The van der Waals surface area contributed by atoms with Gasteiger partial charge in [-0.2, -0.15) is 0 Å². The lowest BCUT2D eigenvalue weighted by molar-refractivity contribution is -0.155. The van der Waals surface area contributed by atoms with E-state index in [2.05, 4.69) is 15.8 Å². The second-order valence-electron chi connectivity index (χ2n) is 8.34. The zero-order valence-electron chi connectivity index (χ0n) is 18.9. The molecule has 0 fully saturated rings. The van der Waals surface area contributed by atoms with E-state index in [4.69, 9.17) is 19.3 Å². The number of esters is 1. The number of hydrazine groups is 1. The van der Waals surface area contributed by atoms with Gasteiger partial charge in [0.15, 0.2) is 5.54 Å². The van der Waals surface area contributed by atoms with Crippen molar-refractivity contribution in [3.8, 4) is 5.75 Å². The molecule has 1 aliphatic heterocycles. The molecule has 0 saturated heterocycles. The molecule has 2 atom stereocenters. The van der Waals surface area contributed by atoms with E-state index in [0.717, 1.165) is 0 Å². The van der Waals surface area contributed by atoms with E-state index in [1.54, 1.807) is 59.0 Å². The Hall–Kier alpha value is -2.65. The molecule has 3 N–H and O–H groups in total. The van der Waals surface area contributed by atoms with Crippen LogP contribution < -0.4 is 15.6 Å². The van der Waals surface area contributed by atoms with Gasteiger partial charge in [-0.1, -0.05) is 0 Å². The molecule has 172 valence electrons. The van der Waals surface area contributed by atoms with Gasteiger partial charge in [-0.3, -0.25) is 15.0 Å². The average molecular weight is 436 g/mol. The molecule has 0 bridgehead atoms. The molecule has 9 heteroatoms. The molecular weight excluding hydrogens is 402 g/mol. The molecule has 9 nitrogen and oxygen atoms in total. The van der Waals surface area contributed by atoms with Gasteiger partial charge in [0.05, 0.1) is 6.61 Å². The molecule has 1 amide bonds. The number of hydrogen-bond donors (Lipinski definition) is 3. The number of ether oxygens (including phenoxy) is 3. The van der Waals surface area contributed by atoms with Crippen molar-refractivity contribution < 1.29 is 28.9 Å². The summed E-state index contributed by atoms with van der Waals surface area (Å²) >= 11 is 0. The molecule has 1 aromatic carbocycles. The molecule has 0 aliphatic carbocycles. The highest BCUT2D eigenvalue weighted by Crippen LogP contribution is 2.33. The summed E-state index contributed by atoms with van der Waals surface area (Å²) in [5.74, 6) is 0.201. The largest absolute Gasteiger partial charge is 0.494 e. The smallest absolute Gasteiger partial charge is 0.306 e. The molecule has 0 unspecified atom stereocenters. The van der Waals surface area contributed by atoms with Crippen molar-refractivity contribution in [3.63, 3.8) is 0 Å². The van der Waals surface area contributed by atoms with E-state index >= 15 is 0 Å². The van der Waals surface area contributed by atoms with Crippen LogP contribution in [-0.2, 0) is 19.1 Å². The van der Waals surface area contributed by atoms with Gasteiger partial charge < -0.3 is 19.3 Å². The lowest BCUT2D eigenvalue weighted by Crippen LogP contribution is -2.54. The Labute approximate surface area is 183 Å². The van der Waals surface area contributed by atoms with Gasteiger partial charge in [-0.25, -0.2) is 10.4 Å². The Morgan fingerprint density at radius 3 is 2.52 bits per heavy atom. The third-order valence-electron chi connectivity index (χ3n) is 4.70. The third kappa shape index (κ3) is 6.67. The van der Waals surface area contributed by atoms with E-state index in [1.807, 2.05) is 0 Å². The molecule has 1 aromatic rings. The Kier molecular flexibility index (Phi) is 8.41. The molecule has 1 aliphatic rings. The fourth-order valence-electron chi connectivity index (χ4n) is 3.16. The molecule has 2 rings (SSSR count). The number of rotatable bonds is 10. The fraction of sp³-hybridized carbons (Fsp3) is 0.591. The van der Waals surface area contributed by atoms with Crippen LogP contribution >= 0.6 is 0 Å². The number of nitrogens with zero attached hydrogens (tertiary/aromatic N) is 1. The van der Waals surface area contributed by atoms with Crippen LogP contribution in [0, 0.1) is 0 Å². The predicted octanol–water partition coefficient (Wildman–Crippen LogP) is 1.72. The summed E-state index contributed by atoms with van der Waals surface area (Å²) in [7, 11) is 1.58. The first kappa shape index (κ1) is 24.6. The third-order valence-corrected chi connectivity index (χ3v) is 4.70. The maximum Gasteiger partial charge on any atom is 0.306 e. The zero-order chi connectivity index (χ0) is 23.1. The second-order valence-corrected chi connectivity index (χ2v) is 8.34.